The second kappa shape index (κ2) is 6.86. The highest BCUT2D eigenvalue weighted by atomic mass is 35.5. The fraction of sp³-hybridized carbons (Fsp3) is 0.286. The smallest absolute Gasteiger partial charge is 0.368 e. The summed E-state index contributed by atoms with van der Waals surface area (Å²) in [5.41, 5.74) is 0.520. The summed E-state index contributed by atoms with van der Waals surface area (Å²) in [5.74, 6) is 0.451. The molecule has 0 spiro atoms. The van der Waals surface area contributed by atoms with E-state index in [-0.39, 0.29) is 35.1 Å². The lowest BCUT2D eigenvalue weighted by atomic mass is 10.3. The summed E-state index contributed by atoms with van der Waals surface area (Å²) >= 11 is 5.83. The summed E-state index contributed by atoms with van der Waals surface area (Å²) in [6.45, 7) is 0.173. The summed E-state index contributed by atoms with van der Waals surface area (Å²) in [4.78, 5) is 18.9. The zero-order valence-corrected chi connectivity index (χ0v) is 13.5. The summed E-state index contributed by atoms with van der Waals surface area (Å²) in [6.07, 6.45) is 1.16. The number of rotatable bonds is 6. The second-order valence-electron chi connectivity index (χ2n) is 5.42. The topological polar surface area (TPSA) is 101 Å². The highest BCUT2D eigenvalue weighted by Crippen LogP contribution is 2.29. The van der Waals surface area contributed by atoms with Gasteiger partial charge in [0.05, 0.1) is 25.6 Å². The molecule has 1 heterocycles. The van der Waals surface area contributed by atoms with E-state index in [1.165, 1.54) is 0 Å². The standard InChI is InChI=1S/C14H17ClN5O3/c1-20(2,7-8-21)13-12(19(22)23)9-16-14(18-13)17-11-5-3-10(15)4-6-11/h3-6,9,21H,7-8H2,1-2H3,(H,16,17,18)/q+1. The molecule has 0 atom stereocenters. The van der Waals surface area contributed by atoms with E-state index in [0.717, 1.165) is 6.20 Å². The van der Waals surface area contributed by atoms with E-state index in [2.05, 4.69) is 15.3 Å². The van der Waals surface area contributed by atoms with Crippen molar-refractivity contribution in [2.24, 2.45) is 0 Å². The van der Waals surface area contributed by atoms with Crippen LogP contribution in [0.25, 0.3) is 0 Å². The van der Waals surface area contributed by atoms with Crippen LogP contribution in [0, 0.1) is 10.1 Å². The number of nitro groups is 1. The van der Waals surface area contributed by atoms with Crippen LogP contribution in [0.15, 0.2) is 30.5 Å². The Morgan fingerprint density at radius 3 is 2.57 bits per heavy atom. The summed E-state index contributed by atoms with van der Waals surface area (Å²) in [7, 11) is 3.47. The first-order valence-electron chi connectivity index (χ1n) is 6.82. The number of quaternary nitrogens is 1. The molecular weight excluding hydrogens is 322 g/mol. The number of hydrogen-bond acceptors (Lipinski definition) is 6. The van der Waals surface area contributed by atoms with Crippen molar-refractivity contribution in [3.63, 3.8) is 0 Å². The van der Waals surface area contributed by atoms with Crippen molar-refractivity contribution in [3.05, 3.63) is 45.6 Å². The predicted octanol–water partition coefficient (Wildman–Crippen LogP) is 2.34. The van der Waals surface area contributed by atoms with Gasteiger partial charge in [-0.15, -0.1) is 0 Å². The van der Waals surface area contributed by atoms with Crippen molar-refractivity contribution in [1.29, 1.82) is 0 Å². The summed E-state index contributed by atoms with van der Waals surface area (Å²) in [6, 6.07) is 6.92. The number of likely N-dealkylation sites (N-methyl/N-ethyl adjacent to an activating group) is 1. The van der Waals surface area contributed by atoms with Crippen LogP contribution >= 0.6 is 11.6 Å². The lowest BCUT2D eigenvalue weighted by Gasteiger charge is -2.26. The average Bonchev–Trinajstić information content (AvgIpc) is 2.49. The average molecular weight is 339 g/mol. The van der Waals surface area contributed by atoms with Crippen LogP contribution in [-0.4, -0.2) is 47.2 Å². The number of aromatic nitrogens is 2. The van der Waals surface area contributed by atoms with Crippen LogP contribution in [-0.2, 0) is 0 Å². The molecule has 2 aromatic rings. The summed E-state index contributed by atoms with van der Waals surface area (Å²) in [5, 5.41) is 23.9. The SMILES string of the molecule is C[N+](C)(CCO)c1nc(Nc2ccc(Cl)cc2)ncc1[N+](=O)[O-]. The molecule has 0 unspecified atom stereocenters. The molecule has 0 amide bonds. The second-order valence-corrected chi connectivity index (χ2v) is 5.86. The summed E-state index contributed by atoms with van der Waals surface area (Å²) < 4.78 is 0.0601. The Balaban J connectivity index is 2.39. The Bertz CT molecular complexity index is 706. The Hall–Kier alpha value is -2.29. The van der Waals surface area contributed by atoms with Crippen LogP contribution in [0.5, 0.6) is 0 Å². The lowest BCUT2D eigenvalue weighted by Crippen LogP contribution is -2.44. The highest BCUT2D eigenvalue weighted by molar-refractivity contribution is 6.30. The van der Waals surface area contributed by atoms with E-state index >= 15 is 0 Å². The van der Waals surface area contributed by atoms with Gasteiger partial charge in [0.2, 0.25) is 5.95 Å². The molecule has 0 aliphatic heterocycles. The third-order valence-corrected chi connectivity index (χ3v) is 3.53. The Kier molecular flexibility index (Phi) is 5.09. The maximum absolute atomic E-state index is 11.2. The zero-order chi connectivity index (χ0) is 17.0. The van der Waals surface area contributed by atoms with Crippen molar-refractivity contribution >= 4 is 34.7 Å². The number of aliphatic hydroxyl groups excluding tert-OH is 1. The van der Waals surface area contributed by atoms with Crippen LogP contribution in [0.2, 0.25) is 5.02 Å². The number of nitrogens with one attached hydrogen (secondary N) is 1. The molecule has 0 saturated heterocycles. The van der Waals surface area contributed by atoms with Crippen LogP contribution < -0.4 is 9.80 Å². The Labute approximate surface area is 138 Å². The maximum Gasteiger partial charge on any atom is 0.368 e. The van der Waals surface area contributed by atoms with Crippen molar-refractivity contribution in [2.75, 3.05) is 32.6 Å². The van der Waals surface area contributed by atoms with Crippen LogP contribution in [0.3, 0.4) is 0 Å². The molecule has 2 rings (SSSR count). The van der Waals surface area contributed by atoms with Gasteiger partial charge in [-0.25, -0.2) is 4.98 Å². The number of aliphatic hydroxyl groups is 1. The van der Waals surface area contributed by atoms with E-state index in [0.29, 0.717) is 10.7 Å². The third kappa shape index (κ3) is 4.13. The van der Waals surface area contributed by atoms with Crippen LogP contribution in [0.4, 0.5) is 23.1 Å². The van der Waals surface area contributed by atoms with Gasteiger partial charge in [0, 0.05) is 10.7 Å². The molecule has 122 valence electrons. The minimum absolute atomic E-state index is 0.0601. The van der Waals surface area contributed by atoms with Crippen molar-refractivity contribution < 1.29 is 10.0 Å². The molecule has 0 bridgehead atoms. The molecule has 8 nitrogen and oxygen atoms in total. The van der Waals surface area contributed by atoms with E-state index in [1.807, 2.05) is 0 Å². The minimum atomic E-state index is -0.529. The molecule has 0 aliphatic rings. The number of halogens is 1. The van der Waals surface area contributed by atoms with Crippen molar-refractivity contribution in [1.82, 2.24) is 14.5 Å². The highest BCUT2D eigenvalue weighted by Gasteiger charge is 2.32. The van der Waals surface area contributed by atoms with E-state index in [4.69, 9.17) is 16.7 Å². The quantitative estimate of drug-likeness (QED) is 0.476. The molecule has 1 aromatic carbocycles. The van der Waals surface area contributed by atoms with Crippen molar-refractivity contribution in [2.45, 2.75) is 0 Å². The maximum atomic E-state index is 11.2. The van der Waals surface area contributed by atoms with E-state index in [9.17, 15) is 10.1 Å². The molecule has 1 aromatic heterocycles. The zero-order valence-electron chi connectivity index (χ0n) is 12.7. The normalized spacial score (nSPS) is 11.3. The third-order valence-electron chi connectivity index (χ3n) is 3.28. The van der Waals surface area contributed by atoms with Crippen molar-refractivity contribution in [3.8, 4) is 0 Å². The van der Waals surface area contributed by atoms with Gasteiger partial charge in [-0.3, -0.25) is 14.6 Å². The molecule has 2 N–H and O–H groups in total. The van der Waals surface area contributed by atoms with Gasteiger partial charge in [-0.2, -0.15) is 4.98 Å². The van der Waals surface area contributed by atoms with Gasteiger partial charge in [0.15, 0.2) is 0 Å². The fourth-order valence-electron chi connectivity index (χ4n) is 2.02. The van der Waals surface area contributed by atoms with Gasteiger partial charge in [-0.1, -0.05) is 11.6 Å². The lowest BCUT2D eigenvalue weighted by molar-refractivity contribution is -0.385. The monoisotopic (exact) mass is 338 g/mol. The fourth-order valence-corrected chi connectivity index (χ4v) is 2.15. The minimum Gasteiger partial charge on any atom is -0.390 e. The Morgan fingerprint density at radius 1 is 1.35 bits per heavy atom. The first-order valence-corrected chi connectivity index (χ1v) is 7.20. The molecule has 9 heteroatoms. The number of anilines is 2. The molecular formula is C14H17ClN5O3+. The Morgan fingerprint density at radius 2 is 2.00 bits per heavy atom. The van der Waals surface area contributed by atoms with Crippen LogP contribution in [0.1, 0.15) is 0 Å². The van der Waals surface area contributed by atoms with E-state index < -0.39 is 4.92 Å². The van der Waals surface area contributed by atoms with E-state index in [1.54, 1.807) is 38.4 Å². The van der Waals surface area contributed by atoms with Gasteiger partial charge < -0.3 is 10.4 Å². The van der Waals surface area contributed by atoms with Gasteiger partial charge in [-0.05, 0) is 24.3 Å². The van der Waals surface area contributed by atoms with Gasteiger partial charge >= 0.3 is 11.5 Å². The first kappa shape index (κ1) is 17.1. The molecule has 0 aliphatic carbocycles. The predicted molar refractivity (Wildman–Crippen MR) is 89.0 cm³/mol. The molecule has 0 saturated carbocycles. The largest absolute Gasteiger partial charge is 0.390 e. The van der Waals surface area contributed by atoms with Gasteiger partial charge in [0.1, 0.15) is 12.7 Å². The van der Waals surface area contributed by atoms with Gasteiger partial charge in [0.25, 0.3) is 0 Å². The number of benzene rings is 1. The molecule has 0 fully saturated rings. The molecule has 23 heavy (non-hydrogen) atoms. The first-order chi connectivity index (χ1) is 10.8. The number of nitrogens with zero attached hydrogens (tertiary/aromatic N) is 4. The molecule has 0 radical (unpaired) electrons. The number of hydrogen-bond donors (Lipinski definition) is 2.